The fraction of sp³-hybridized carbons (Fsp3) is 0.467. The van der Waals surface area contributed by atoms with E-state index in [1.54, 1.807) is 32.0 Å². The van der Waals surface area contributed by atoms with Crippen LogP contribution in [-0.2, 0) is 20.7 Å². The van der Waals surface area contributed by atoms with Crippen LogP contribution in [0.15, 0.2) is 18.2 Å². The summed E-state index contributed by atoms with van der Waals surface area (Å²) in [5.41, 5.74) is 1.53. The van der Waals surface area contributed by atoms with Crippen molar-refractivity contribution < 1.29 is 19.1 Å². The molecule has 2 amide bonds. The third-order valence-corrected chi connectivity index (χ3v) is 3.36. The number of likely N-dealkylation sites (N-methyl/N-ethyl adjacent to an activating group) is 1. The van der Waals surface area contributed by atoms with Gasteiger partial charge in [0.25, 0.3) is 5.91 Å². The lowest BCUT2D eigenvalue weighted by Crippen LogP contribution is -2.42. The van der Waals surface area contributed by atoms with Crippen molar-refractivity contribution in [2.24, 2.45) is 0 Å². The average molecular weight is 292 g/mol. The average Bonchev–Trinajstić information content (AvgIpc) is 2.46. The molecule has 0 radical (unpaired) electrons. The Morgan fingerprint density at radius 1 is 1.48 bits per heavy atom. The normalized spacial score (nSPS) is 17.2. The first-order valence-corrected chi connectivity index (χ1v) is 6.85. The van der Waals surface area contributed by atoms with Gasteiger partial charge >= 0.3 is 0 Å². The highest BCUT2D eigenvalue weighted by molar-refractivity contribution is 5.99. The lowest BCUT2D eigenvalue weighted by molar-refractivity contribution is -0.125. The molecule has 0 fully saturated rings. The molecule has 0 bridgehead atoms. The van der Waals surface area contributed by atoms with Crippen molar-refractivity contribution in [3.63, 3.8) is 0 Å². The smallest absolute Gasteiger partial charge is 0.267 e. The molecule has 21 heavy (non-hydrogen) atoms. The Bertz CT molecular complexity index is 544. The maximum Gasteiger partial charge on any atom is 0.267 e. The number of anilines is 1. The van der Waals surface area contributed by atoms with Crippen molar-refractivity contribution >= 4 is 17.5 Å². The topological polar surface area (TPSA) is 67.9 Å². The largest absolute Gasteiger partial charge is 0.479 e. The van der Waals surface area contributed by atoms with Crippen LogP contribution in [0.2, 0.25) is 0 Å². The van der Waals surface area contributed by atoms with Gasteiger partial charge in [-0.15, -0.1) is 0 Å². The van der Waals surface area contributed by atoms with Gasteiger partial charge in [0, 0.05) is 20.7 Å². The van der Waals surface area contributed by atoms with Crippen LogP contribution in [0.3, 0.4) is 0 Å². The molecule has 114 valence electrons. The number of hydrogen-bond acceptors (Lipinski definition) is 4. The monoisotopic (exact) mass is 292 g/mol. The van der Waals surface area contributed by atoms with Crippen LogP contribution in [0.4, 0.5) is 5.69 Å². The van der Waals surface area contributed by atoms with Crippen molar-refractivity contribution in [1.82, 2.24) is 5.32 Å². The van der Waals surface area contributed by atoms with Crippen molar-refractivity contribution in [3.8, 4) is 5.75 Å². The van der Waals surface area contributed by atoms with Gasteiger partial charge in [0.1, 0.15) is 5.75 Å². The van der Waals surface area contributed by atoms with E-state index in [1.807, 2.05) is 12.1 Å². The van der Waals surface area contributed by atoms with Crippen LogP contribution in [0, 0.1) is 0 Å². The predicted octanol–water partition coefficient (Wildman–Crippen LogP) is 0.735. The SMILES string of the molecule is COCCNC(=O)Cc1ccc2c(c1)N(C)C(=O)C(C)O2. The fourth-order valence-corrected chi connectivity index (χ4v) is 2.21. The molecule has 1 aliphatic rings. The fourth-order valence-electron chi connectivity index (χ4n) is 2.21. The minimum absolute atomic E-state index is 0.0777. The maximum atomic E-state index is 11.9. The van der Waals surface area contributed by atoms with E-state index < -0.39 is 6.10 Å². The molecule has 6 nitrogen and oxygen atoms in total. The first kappa shape index (κ1) is 15.3. The molecule has 1 aromatic carbocycles. The summed E-state index contributed by atoms with van der Waals surface area (Å²) in [7, 11) is 3.30. The number of fused-ring (bicyclic) bond motifs is 1. The second-order valence-electron chi connectivity index (χ2n) is 4.98. The van der Waals surface area contributed by atoms with Crippen molar-refractivity contribution in [2.75, 3.05) is 32.2 Å². The number of hydrogen-bond donors (Lipinski definition) is 1. The van der Waals surface area contributed by atoms with Crippen LogP contribution in [0.1, 0.15) is 12.5 Å². The predicted molar refractivity (Wildman–Crippen MR) is 78.5 cm³/mol. The van der Waals surface area contributed by atoms with Gasteiger partial charge in [0.2, 0.25) is 5.91 Å². The van der Waals surface area contributed by atoms with Crippen LogP contribution < -0.4 is 15.0 Å². The van der Waals surface area contributed by atoms with Gasteiger partial charge in [0.15, 0.2) is 6.10 Å². The molecule has 2 rings (SSSR count). The molecule has 6 heteroatoms. The first-order valence-electron chi connectivity index (χ1n) is 6.85. The van der Waals surface area contributed by atoms with Gasteiger partial charge in [-0.1, -0.05) is 6.07 Å². The summed E-state index contributed by atoms with van der Waals surface area (Å²) >= 11 is 0. The standard InChI is InChI=1S/C15H20N2O4/c1-10-15(19)17(2)12-8-11(4-5-13(12)21-10)9-14(18)16-6-7-20-3/h4-5,8,10H,6-7,9H2,1-3H3,(H,16,18). The van der Waals surface area contributed by atoms with Gasteiger partial charge in [0.05, 0.1) is 18.7 Å². The van der Waals surface area contributed by atoms with Crippen LogP contribution >= 0.6 is 0 Å². The summed E-state index contributed by atoms with van der Waals surface area (Å²) in [5.74, 6) is 0.489. The summed E-state index contributed by atoms with van der Waals surface area (Å²) in [6, 6.07) is 5.45. The van der Waals surface area contributed by atoms with E-state index in [4.69, 9.17) is 9.47 Å². The Balaban J connectivity index is 2.07. The molecule has 1 aromatic rings. The maximum absolute atomic E-state index is 11.9. The Morgan fingerprint density at radius 3 is 2.95 bits per heavy atom. The second-order valence-corrected chi connectivity index (χ2v) is 4.98. The zero-order chi connectivity index (χ0) is 15.4. The van der Waals surface area contributed by atoms with E-state index in [0.717, 1.165) is 5.56 Å². The summed E-state index contributed by atoms with van der Waals surface area (Å²) < 4.78 is 10.4. The number of methoxy groups -OCH3 is 1. The Labute approximate surface area is 124 Å². The zero-order valence-electron chi connectivity index (χ0n) is 12.5. The summed E-state index contributed by atoms with van der Waals surface area (Å²) in [6.07, 6.45) is -0.222. The van der Waals surface area contributed by atoms with Gasteiger partial charge in [-0.05, 0) is 24.6 Å². The molecule has 0 saturated carbocycles. The lowest BCUT2D eigenvalue weighted by atomic mass is 10.1. The summed E-state index contributed by atoms with van der Waals surface area (Å²) in [6.45, 7) is 2.69. The van der Waals surface area contributed by atoms with Crippen molar-refractivity contribution in [1.29, 1.82) is 0 Å². The molecule has 1 unspecified atom stereocenters. The molecule has 1 heterocycles. The van der Waals surface area contributed by atoms with E-state index >= 15 is 0 Å². The molecule has 0 aromatic heterocycles. The number of rotatable bonds is 5. The highest BCUT2D eigenvalue weighted by atomic mass is 16.5. The summed E-state index contributed by atoms with van der Waals surface area (Å²) in [5, 5.41) is 2.76. The van der Waals surface area contributed by atoms with E-state index in [9.17, 15) is 9.59 Å². The van der Waals surface area contributed by atoms with E-state index in [-0.39, 0.29) is 18.2 Å². The Kier molecular flexibility index (Phi) is 4.80. The molecule has 1 aliphatic heterocycles. The third-order valence-electron chi connectivity index (χ3n) is 3.36. The van der Waals surface area contributed by atoms with Gasteiger partial charge in [-0.2, -0.15) is 0 Å². The lowest BCUT2D eigenvalue weighted by Gasteiger charge is -2.30. The van der Waals surface area contributed by atoms with E-state index in [0.29, 0.717) is 24.6 Å². The quantitative estimate of drug-likeness (QED) is 0.813. The number of benzene rings is 1. The second kappa shape index (κ2) is 6.58. The molecular weight excluding hydrogens is 272 g/mol. The number of nitrogens with zero attached hydrogens (tertiary/aromatic N) is 1. The van der Waals surface area contributed by atoms with Crippen LogP contribution in [0.25, 0.3) is 0 Å². The molecule has 0 spiro atoms. The van der Waals surface area contributed by atoms with E-state index in [1.165, 1.54) is 0 Å². The minimum Gasteiger partial charge on any atom is -0.479 e. The van der Waals surface area contributed by atoms with Gasteiger partial charge in [-0.25, -0.2) is 0 Å². The Hall–Kier alpha value is -2.08. The number of ether oxygens (including phenoxy) is 2. The van der Waals surface area contributed by atoms with Gasteiger partial charge < -0.3 is 19.7 Å². The number of nitrogens with one attached hydrogen (secondary N) is 1. The van der Waals surface area contributed by atoms with E-state index in [2.05, 4.69) is 5.32 Å². The van der Waals surface area contributed by atoms with Crippen molar-refractivity contribution in [3.05, 3.63) is 23.8 Å². The highest BCUT2D eigenvalue weighted by Crippen LogP contribution is 2.33. The Morgan fingerprint density at radius 2 is 2.24 bits per heavy atom. The highest BCUT2D eigenvalue weighted by Gasteiger charge is 2.28. The molecule has 0 saturated heterocycles. The van der Waals surface area contributed by atoms with Gasteiger partial charge in [-0.3, -0.25) is 9.59 Å². The third kappa shape index (κ3) is 3.52. The molecule has 1 N–H and O–H groups in total. The number of amides is 2. The molecule has 0 aliphatic carbocycles. The number of carbonyl (C=O) groups excluding carboxylic acids is 2. The molecule has 1 atom stereocenters. The van der Waals surface area contributed by atoms with Crippen molar-refractivity contribution in [2.45, 2.75) is 19.4 Å². The zero-order valence-corrected chi connectivity index (χ0v) is 12.5. The first-order chi connectivity index (χ1) is 10.0. The van der Waals surface area contributed by atoms with Crippen LogP contribution in [0.5, 0.6) is 5.75 Å². The van der Waals surface area contributed by atoms with Crippen LogP contribution in [-0.4, -0.2) is 45.2 Å². The number of carbonyl (C=O) groups is 2. The summed E-state index contributed by atoms with van der Waals surface area (Å²) in [4.78, 5) is 25.2. The molecular formula is C15H20N2O4. The minimum atomic E-state index is -0.481.